The number of ether oxygens (including phenoxy) is 1. The van der Waals surface area contributed by atoms with Gasteiger partial charge in [-0.15, -0.1) is 0 Å². The highest BCUT2D eigenvalue weighted by molar-refractivity contribution is 5.79. The maximum absolute atomic E-state index is 11.8. The van der Waals surface area contributed by atoms with E-state index in [9.17, 15) is 9.59 Å². The fraction of sp³-hybridized carbons (Fsp3) is 0.833. The van der Waals surface area contributed by atoms with Gasteiger partial charge in [0.1, 0.15) is 6.61 Å². The number of amides is 1. The second-order valence-corrected chi connectivity index (χ2v) is 4.98. The van der Waals surface area contributed by atoms with Gasteiger partial charge in [-0.05, 0) is 31.6 Å². The van der Waals surface area contributed by atoms with Crippen molar-refractivity contribution >= 4 is 11.9 Å². The molecule has 17 heavy (non-hydrogen) atoms. The number of rotatable bonds is 5. The van der Waals surface area contributed by atoms with Crippen molar-refractivity contribution in [1.29, 1.82) is 0 Å². The van der Waals surface area contributed by atoms with Crippen molar-refractivity contribution in [1.82, 2.24) is 4.90 Å². The fourth-order valence-electron chi connectivity index (χ4n) is 2.09. The van der Waals surface area contributed by atoms with Crippen LogP contribution < -0.4 is 0 Å². The van der Waals surface area contributed by atoms with Gasteiger partial charge in [0.2, 0.25) is 5.91 Å². The minimum absolute atomic E-state index is 0.0726. The second kappa shape index (κ2) is 5.49. The molecule has 1 N–H and O–H groups in total. The van der Waals surface area contributed by atoms with Crippen LogP contribution in [0.2, 0.25) is 0 Å². The van der Waals surface area contributed by atoms with Crippen molar-refractivity contribution in [3.05, 3.63) is 0 Å². The van der Waals surface area contributed by atoms with Crippen LogP contribution in [-0.2, 0) is 14.3 Å². The Morgan fingerprint density at radius 1 is 1.29 bits per heavy atom. The summed E-state index contributed by atoms with van der Waals surface area (Å²) in [5, 5.41) is 8.93. The monoisotopic (exact) mass is 241 g/mol. The first kappa shape index (κ1) is 12.4. The van der Waals surface area contributed by atoms with Gasteiger partial charge < -0.3 is 14.7 Å². The maximum atomic E-state index is 11.8. The van der Waals surface area contributed by atoms with Gasteiger partial charge in [-0.3, -0.25) is 9.59 Å². The van der Waals surface area contributed by atoms with Crippen LogP contribution in [0.1, 0.15) is 25.7 Å². The van der Waals surface area contributed by atoms with Crippen LogP contribution in [0.4, 0.5) is 0 Å². The van der Waals surface area contributed by atoms with Gasteiger partial charge in [0.05, 0.1) is 12.5 Å². The van der Waals surface area contributed by atoms with Crippen LogP contribution in [0.3, 0.4) is 0 Å². The summed E-state index contributed by atoms with van der Waals surface area (Å²) >= 11 is 0. The zero-order valence-corrected chi connectivity index (χ0v) is 9.93. The smallest absolute Gasteiger partial charge is 0.308 e. The van der Waals surface area contributed by atoms with E-state index in [-0.39, 0.29) is 12.5 Å². The van der Waals surface area contributed by atoms with Crippen LogP contribution in [0.15, 0.2) is 0 Å². The number of carboxylic acids is 1. The lowest BCUT2D eigenvalue weighted by Gasteiger charge is -2.30. The minimum Gasteiger partial charge on any atom is -0.481 e. The van der Waals surface area contributed by atoms with E-state index in [1.165, 1.54) is 12.8 Å². The van der Waals surface area contributed by atoms with Gasteiger partial charge in [0, 0.05) is 13.1 Å². The third kappa shape index (κ3) is 3.70. The average Bonchev–Trinajstić information content (AvgIpc) is 3.13. The Kier molecular flexibility index (Phi) is 3.99. The molecule has 2 rings (SSSR count). The lowest BCUT2D eigenvalue weighted by molar-refractivity contribution is -0.147. The molecule has 0 aromatic carbocycles. The van der Waals surface area contributed by atoms with Crippen molar-refractivity contribution in [2.24, 2.45) is 11.8 Å². The molecule has 1 atom stereocenters. The first-order valence-corrected chi connectivity index (χ1v) is 6.25. The Balaban J connectivity index is 1.71. The van der Waals surface area contributed by atoms with E-state index in [4.69, 9.17) is 9.84 Å². The average molecular weight is 241 g/mol. The Bertz CT molecular complexity index is 301. The van der Waals surface area contributed by atoms with Gasteiger partial charge in [0.15, 0.2) is 0 Å². The molecule has 0 aromatic rings. The SMILES string of the molecule is O=C(O)[C@@H]1CCCN(C(=O)COCC2CC2)C1. The maximum Gasteiger partial charge on any atom is 0.308 e. The topological polar surface area (TPSA) is 66.8 Å². The van der Waals surface area contributed by atoms with Gasteiger partial charge in [-0.1, -0.05) is 0 Å². The summed E-state index contributed by atoms with van der Waals surface area (Å²) in [6, 6.07) is 0. The molecule has 0 spiro atoms. The van der Waals surface area contributed by atoms with E-state index in [1.54, 1.807) is 4.90 Å². The molecule has 1 saturated heterocycles. The third-order valence-electron chi connectivity index (χ3n) is 3.40. The highest BCUT2D eigenvalue weighted by Gasteiger charge is 2.28. The Hall–Kier alpha value is -1.10. The molecule has 1 saturated carbocycles. The number of hydrogen-bond acceptors (Lipinski definition) is 3. The molecule has 0 aromatic heterocycles. The molecule has 0 unspecified atom stereocenters. The number of carbonyl (C=O) groups excluding carboxylic acids is 1. The summed E-state index contributed by atoms with van der Waals surface area (Å²) in [4.78, 5) is 24.3. The van der Waals surface area contributed by atoms with Gasteiger partial charge in [-0.25, -0.2) is 0 Å². The van der Waals surface area contributed by atoms with Crippen LogP contribution >= 0.6 is 0 Å². The summed E-state index contributed by atoms with van der Waals surface area (Å²) in [5.41, 5.74) is 0. The van der Waals surface area contributed by atoms with Crippen LogP contribution in [-0.4, -0.2) is 48.2 Å². The molecular formula is C12H19NO4. The quantitative estimate of drug-likeness (QED) is 0.770. The number of hydrogen-bond donors (Lipinski definition) is 1. The lowest BCUT2D eigenvalue weighted by Crippen LogP contribution is -2.43. The standard InChI is InChI=1S/C12H19NO4/c14-11(8-17-7-9-3-4-9)13-5-1-2-10(6-13)12(15)16/h9-10H,1-8H2,(H,15,16)/t10-/m1/s1. The van der Waals surface area contributed by atoms with Gasteiger partial charge in [0.25, 0.3) is 0 Å². The fourth-order valence-corrected chi connectivity index (χ4v) is 2.09. The van der Waals surface area contributed by atoms with E-state index < -0.39 is 11.9 Å². The largest absolute Gasteiger partial charge is 0.481 e. The van der Waals surface area contributed by atoms with E-state index >= 15 is 0 Å². The van der Waals surface area contributed by atoms with Gasteiger partial charge in [-0.2, -0.15) is 0 Å². The lowest BCUT2D eigenvalue weighted by atomic mass is 9.98. The summed E-state index contributed by atoms with van der Waals surface area (Å²) < 4.78 is 5.33. The van der Waals surface area contributed by atoms with E-state index in [2.05, 4.69) is 0 Å². The Labute approximate surface area is 101 Å². The molecule has 1 amide bonds. The van der Waals surface area contributed by atoms with Crippen molar-refractivity contribution in [2.75, 3.05) is 26.3 Å². The zero-order chi connectivity index (χ0) is 12.3. The number of nitrogens with zero attached hydrogens (tertiary/aromatic N) is 1. The van der Waals surface area contributed by atoms with Crippen molar-refractivity contribution < 1.29 is 19.4 Å². The molecule has 2 aliphatic rings. The summed E-state index contributed by atoms with van der Waals surface area (Å²) in [6.45, 7) is 1.77. The summed E-state index contributed by atoms with van der Waals surface area (Å²) in [6.07, 6.45) is 3.85. The van der Waals surface area contributed by atoms with E-state index in [1.807, 2.05) is 0 Å². The van der Waals surface area contributed by atoms with Crippen molar-refractivity contribution in [3.8, 4) is 0 Å². The highest BCUT2D eigenvalue weighted by Crippen LogP contribution is 2.28. The third-order valence-corrected chi connectivity index (χ3v) is 3.40. The van der Waals surface area contributed by atoms with Crippen molar-refractivity contribution in [3.63, 3.8) is 0 Å². The van der Waals surface area contributed by atoms with Crippen LogP contribution in [0.5, 0.6) is 0 Å². The number of carbonyl (C=O) groups is 2. The Morgan fingerprint density at radius 3 is 2.71 bits per heavy atom. The summed E-state index contributed by atoms with van der Waals surface area (Å²) in [7, 11) is 0. The van der Waals surface area contributed by atoms with Crippen LogP contribution in [0, 0.1) is 11.8 Å². The molecule has 5 heteroatoms. The Morgan fingerprint density at radius 2 is 2.06 bits per heavy atom. The van der Waals surface area contributed by atoms with Crippen molar-refractivity contribution in [2.45, 2.75) is 25.7 Å². The molecule has 5 nitrogen and oxygen atoms in total. The van der Waals surface area contributed by atoms with E-state index in [0.717, 1.165) is 6.42 Å². The minimum atomic E-state index is -0.804. The predicted octanol–water partition coefficient (Wildman–Crippen LogP) is 0.736. The molecular weight excluding hydrogens is 222 g/mol. The van der Waals surface area contributed by atoms with Gasteiger partial charge >= 0.3 is 5.97 Å². The first-order chi connectivity index (χ1) is 8.16. The number of aliphatic carboxylic acids is 1. The van der Waals surface area contributed by atoms with E-state index in [0.29, 0.717) is 32.0 Å². The number of carboxylic acid groups (broad SMARTS) is 1. The molecule has 2 fully saturated rings. The van der Waals surface area contributed by atoms with Crippen LogP contribution in [0.25, 0.3) is 0 Å². The molecule has 0 radical (unpaired) electrons. The predicted molar refractivity (Wildman–Crippen MR) is 60.5 cm³/mol. The summed E-state index contributed by atoms with van der Waals surface area (Å²) in [5.74, 6) is -0.634. The molecule has 96 valence electrons. The normalized spacial score (nSPS) is 24.7. The second-order valence-electron chi connectivity index (χ2n) is 4.98. The number of piperidine rings is 1. The first-order valence-electron chi connectivity index (χ1n) is 6.25. The molecule has 1 aliphatic heterocycles. The highest BCUT2D eigenvalue weighted by atomic mass is 16.5. The number of likely N-dealkylation sites (tertiary alicyclic amines) is 1. The molecule has 1 aliphatic carbocycles. The molecule has 0 bridgehead atoms. The molecule has 1 heterocycles. The zero-order valence-electron chi connectivity index (χ0n) is 9.93.